The van der Waals surface area contributed by atoms with Crippen molar-refractivity contribution in [3.05, 3.63) is 35.9 Å². The number of nitrogens with zero attached hydrogens (tertiary/aromatic N) is 1. The molecule has 1 saturated carbocycles. The lowest BCUT2D eigenvalue weighted by Gasteiger charge is -2.33. The molecule has 1 aromatic rings. The summed E-state index contributed by atoms with van der Waals surface area (Å²) in [6.07, 6.45) is 5.69. The number of carbonyl (C=O) groups excluding carboxylic acids is 1. The van der Waals surface area contributed by atoms with Gasteiger partial charge in [0, 0.05) is 19.0 Å². The maximum atomic E-state index is 13.1. The Balaban J connectivity index is 0.00000225. The van der Waals surface area contributed by atoms with Crippen LogP contribution >= 0.6 is 12.4 Å². The van der Waals surface area contributed by atoms with Gasteiger partial charge in [0.25, 0.3) is 0 Å². The molecule has 0 radical (unpaired) electrons. The first-order valence-electron chi connectivity index (χ1n) is 9.69. The van der Waals surface area contributed by atoms with Crippen molar-refractivity contribution in [1.29, 1.82) is 0 Å². The first-order chi connectivity index (χ1) is 11.6. The fourth-order valence-electron chi connectivity index (χ4n) is 4.05. The smallest absolute Gasteiger partial charge is 0.223 e. The standard InChI is InChI=1S/C21H32N2O.ClH/c1-16(19-10-12-22-13-11-19)14-21(24)23(17(2)20-8-9-20)15-18-6-4-3-5-7-18;/h3-7,16-17,19-20,22H,8-15H2,1-2H3;1H. The molecule has 1 aliphatic carbocycles. The van der Waals surface area contributed by atoms with Crippen molar-refractivity contribution in [3.63, 3.8) is 0 Å². The number of rotatable bonds is 7. The van der Waals surface area contributed by atoms with Gasteiger partial charge in [0.2, 0.25) is 5.91 Å². The number of hydrogen-bond acceptors (Lipinski definition) is 2. The zero-order valence-corrected chi connectivity index (χ0v) is 16.4. The van der Waals surface area contributed by atoms with Crippen molar-refractivity contribution in [3.8, 4) is 0 Å². The molecule has 25 heavy (non-hydrogen) atoms. The Labute approximate surface area is 159 Å². The lowest BCUT2D eigenvalue weighted by atomic mass is 9.83. The average molecular weight is 365 g/mol. The Morgan fingerprint density at radius 2 is 1.72 bits per heavy atom. The van der Waals surface area contributed by atoms with Crippen LogP contribution in [0.4, 0.5) is 0 Å². The molecule has 1 saturated heterocycles. The molecule has 3 nitrogen and oxygen atoms in total. The Hall–Kier alpha value is -1.06. The molecule has 3 rings (SSSR count). The molecular formula is C21H33ClN2O. The van der Waals surface area contributed by atoms with Gasteiger partial charge in [-0.05, 0) is 69.0 Å². The first kappa shape index (κ1) is 20.3. The molecule has 0 bridgehead atoms. The summed E-state index contributed by atoms with van der Waals surface area (Å²) >= 11 is 0. The summed E-state index contributed by atoms with van der Waals surface area (Å²) in [7, 11) is 0. The van der Waals surface area contributed by atoms with E-state index < -0.39 is 0 Å². The van der Waals surface area contributed by atoms with Crippen LogP contribution in [0.1, 0.15) is 51.5 Å². The normalized spacial score (nSPS) is 20.4. The largest absolute Gasteiger partial charge is 0.335 e. The minimum atomic E-state index is 0. The molecular weight excluding hydrogens is 332 g/mol. The molecule has 2 fully saturated rings. The van der Waals surface area contributed by atoms with E-state index in [0.717, 1.165) is 19.6 Å². The first-order valence-corrected chi connectivity index (χ1v) is 9.69. The summed E-state index contributed by atoms with van der Waals surface area (Å²) in [6.45, 7) is 7.49. The Morgan fingerprint density at radius 1 is 1.08 bits per heavy atom. The van der Waals surface area contributed by atoms with Gasteiger partial charge in [-0.3, -0.25) is 4.79 Å². The van der Waals surface area contributed by atoms with Crippen LogP contribution in [-0.2, 0) is 11.3 Å². The number of amides is 1. The van der Waals surface area contributed by atoms with E-state index >= 15 is 0 Å². The van der Waals surface area contributed by atoms with Gasteiger partial charge < -0.3 is 10.2 Å². The third-order valence-electron chi connectivity index (χ3n) is 6.00. The third-order valence-corrected chi connectivity index (χ3v) is 6.00. The highest BCUT2D eigenvalue weighted by Gasteiger charge is 2.35. The number of benzene rings is 1. The molecule has 1 amide bonds. The minimum absolute atomic E-state index is 0. The highest BCUT2D eigenvalue weighted by atomic mass is 35.5. The highest BCUT2D eigenvalue weighted by molar-refractivity contribution is 5.85. The van der Waals surface area contributed by atoms with Gasteiger partial charge in [0.05, 0.1) is 0 Å². The maximum absolute atomic E-state index is 13.1. The number of halogens is 1. The third kappa shape index (κ3) is 5.72. The second-order valence-electron chi connectivity index (χ2n) is 7.85. The second kappa shape index (κ2) is 9.59. The van der Waals surface area contributed by atoms with Crippen LogP contribution in [-0.4, -0.2) is 29.9 Å². The predicted molar refractivity (Wildman–Crippen MR) is 106 cm³/mol. The lowest BCUT2D eigenvalue weighted by Crippen LogP contribution is -2.41. The van der Waals surface area contributed by atoms with Crippen LogP contribution in [0.2, 0.25) is 0 Å². The van der Waals surface area contributed by atoms with Crippen LogP contribution < -0.4 is 5.32 Å². The van der Waals surface area contributed by atoms with Gasteiger partial charge in [-0.15, -0.1) is 12.4 Å². The van der Waals surface area contributed by atoms with E-state index in [2.05, 4.69) is 48.3 Å². The van der Waals surface area contributed by atoms with Gasteiger partial charge in [-0.25, -0.2) is 0 Å². The summed E-state index contributed by atoms with van der Waals surface area (Å²) < 4.78 is 0. The fraction of sp³-hybridized carbons (Fsp3) is 0.667. The SMILES string of the molecule is CC(CC(=O)N(Cc1ccccc1)C(C)C1CC1)C1CCNCC1.Cl. The summed E-state index contributed by atoms with van der Waals surface area (Å²) in [5.41, 5.74) is 1.24. The molecule has 2 atom stereocenters. The van der Waals surface area contributed by atoms with E-state index in [4.69, 9.17) is 0 Å². The molecule has 2 unspecified atom stereocenters. The molecule has 0 spiro atoms. The molecule has 1 heterocycles. The average Bonchev–Trinajstić information content (AvgIpc) is 3.46. The number of piperidine rings is 1. The summed E-state index contributed by atoms with van der Waals surface area (Å²) in [5.74, 6) is 2.26. The Kier molecular flexibility index (Phi) is 7.77. The van der Waals surface area contributed by atoms with Crippen molar-refractivity contribution in [2.75, 3.05) is 13.1 Å². The topological polar surface area (TPSA) is 32.3 Å². The predicted octanol–water partition coefficient (Wildman–Crippen LogP) is 4.26. The minimum Gasteiger partial charge on any atom is -0.335 e. The highest BCUT2D eigenvalue weighted by Crippen LogP contribution is 2.36. The molecule has 0 aromatic heterocycles. The van der Waals surface area contributed by atoms with Gasteiger partial charge in [-0.2, -0.15) is 0 Å². The Bertz CT molecular complexity index is 526. The number of nitrogens with one attached hydrogen (secondary N) is 1. The van der Waals surface area contributed by atoms with Gasteiger partial charge in [0.15, 0.2) is 0 Å². The van der Waals surface area contributed by atoms with Crippen LogP contribution in [0.15, 0.2) is 30.3 Å². The van der Waals surface area contributed by atoms with Gasteiger partial charge in [-0.1, -0.05) is 37.3 Å². The second-order valence-corrected chi connectivity index (χ2v) is 7.85. The van der Waals surface area contributed by atoms with Crippen LogP contribution in [0.5, 0.6) is 0 Å². The van der Waals surface area contributed by atoms with E-state index in [-0.39, 0.29) is 12.4 Å². The van der Waals surface area contributed by atoms with Gasteiger partial charge >= 0.3 is 0 Å². The zero-order valence-electron chi connectivity index (χ0n) is 15.6. The molecule has 4 heteroatoms. The van der Waals surface area contributed by atoms with E-state index in [0.29, 0.717) is 36.1 Å². The van der Waals surface area contributed by atoms with Crippen LogP contribution in [0.3, 0.4) is 0 Å². The summed E-state index contributed by atoms with van der Waals surface area (Å²) in [4.78, 5) is 15.2. The Morgan fingerprint density at radius 3 is 2.32 bits per heavy atom. The number of carbonyl (C=O) groups is 1. The molecule has 1 aliphatic heterocycles. The molecule has 1 aromatic carbocycles. The van der Waals surface area contributed by atoms with Crippen molar-refractivity contribution < 1.29 is 4.79 Å². The number of hydrogen-bond donors (Lipinski definition) is 1. The molecule has 1 N–H and O–H groups in total. The van der Waals surface area contributed by atoms with E-state index in [9.17, 15) is 4.79 Å². The van der Waals surface area contributed by atoms with Crippen molar-refractivity contribution in [1.82, 2.24) is 10.2 Å². The van der Waals surface area contributed by atoms with Crippen LogP contribution in [0.25, 0.3) is 0 Å². The zero-order chi connectivity index (χ0) is 16.9. The fourth-order valence-corrected chi connectivity index (χ4v) is 4.05. The lowest BCUT2D eigenvalue weighted by molar-refractivity contribution is -0.135. The quantitative estimate of drug-likeness (QED) is 0.783. The molecule has 2 aliphatic rings. The van der Waals surface area contributed by atoms with E-state index in [1.165, 1.54) is 31.2 Å². The van der Waals surface area contributed by atoms with E-state index in [1.807, 2.05) is 6.07 Å². The van der Waals surface area contributed by atoms with Gasteiger partial charge in [0.1, 0.15) is 0 Å². The monoisotopic (exact) mass is 364 g/mol. The van der Waals surface area contributed by atoms with E-state index in [1.54, 1.807) is 0 Å². The van der Waals surface area contributed by atoms with Crippen molar-refractivity contribution >= 4 is 18.3 Å². The summed E-state index contributed by atoms with van der Waals surface area (Å²) in [5, 5.41) is 3.42. The van der Waals surface area contributed by atoms with Crippen LogP contribution in [0, 0.1) is 17.8 Å². The van der Waals surface area contributed by atoms with Crippen molar-refractivity contribution in [2.45, 2.75) is 58.5 Å². The molecule has 140 valence electrons. The van der Waals surface area contributed by atoms with Crippen molar-refractivity contribution in [2.24, 2.45) is 17.8 Å². The maximum Gasteiger partial charge on any atom is 0.223 e. The summed E-state index contributed by atoms with van der Waals surface area (Å²) in [6, 6.07) is 10.8.